The fourth-order valence-electron chi connectivity index (χ4n) is 1.52. The third kappa shape index (κ3) is 5.26. The van der Waals surface area contributed by atoms with Gasteiger partial charge in [-0.3, -0.25) is 19.7 Å². The van der Waals surface area contributed by atoms with Crippen molar-refractivity contribution in [3.8, 4) is 0 Å². The van der Waals surface area contributed by atoms with Crippen LogP contribution in [0.4, 0.5) is 18.0 Å². The largest absolute Gasteiger partial charge is 0.451 e. The third-order valence-electron chi connectivity index (χ3n) is 2.59. The van der Waals surface area contributed by atoms with E-state index in [0.29, 0.717) is 16.8 Å². The summed E-state index contributed by atoms with van der Waals surface area (Å²) in [6.45, 7) is 0.175. The summed E-state index contributed by atoms with van der Waals surface area (Å²) in [6.07, 6.45) is -5.84. The fourth-order valence-corrected chi connectivity index (χ4v) is 1.75. The molecule has 0 aliphatic heterocycles. The van der Waals surface area contributed by atoms with Crippen molar-refractivity contribution in [3.05, 3.63) is 33.2 Å². The minimum Gasteiger partial charge on any atom is -0.451 e. The van der Waals surface area contributed by atoms with E-state index >= 15 is 0 Å². The molecule has 1 aromatic heterocycles. The average Bonchev–Trinajstić information content (AvgIpc) is 2.41. The molecule has 12 heteroatoms. The Labute approximate surface area is 137 Å². The molecule has 0 aliphatic rings. The quantitative estimate of drug-likeness (QED) is 0.755. The highest BCUT2D eigenvalue weighted by molar-refractivity contribution is 6.30. The molecular formula is C12H11ClF3N3O5. The summed E-state index contributed by atoms with van der Waals surface area (Å²) >= 11 is 5.42. The van der Waals surface area contributed by atoms with Gasteiger partial charge in [-0.05, 0) is 13.0 Å². The number of urea groups is 1. The van der Waals surface area contributed by atoms with Gasteiger partial charge in [0.1, 0.15) is 11.6 Å². The Bertz CT molecular complexity index is 732. The molecule has 0 bridgehead atoms. The van der Waals surface area contributed by atoms with Crippen LogP contribution in [0.5, 0.6) is 0 Å². The molecule has 1 atom stereocenters. The van der Waals surface area contributed by atoms with Crippen LogP contribution < -0.4 is 16.6 Å². The number of aromatic nitrogens is 1. The lowest BCUT2D eigenvalue weighted by molar-refractivity contribution is -0.155. The Morgan fingerprint density at radius 3 is 2.50 bits per heavy atom. The van der Waals surface area contributed by atoms with Crippen molar-refractivity contribution in [1.82, 2.24) is 9.88 Å². The summed E-state index contributed by atoms with van der Waals surface area (Å²) in [5.41, 5.74) is 2.42. The lowest BCUT2D eigenvalue weighted by Crippen LogP contribution is -2.42. The summed E-state index contributed by atoms with van der Waals surface area (Å²) in [4.78, 5) is 45.1. The van der Waals surface area contributed by atoms with E-state index in [1.165, 1.54) is 0 Å². The standard InChI is InChI=1S/C12H11ClF3N3O5/c1-5(9(21)18-11(17)23)24-8(20)4-19-3-6(12(14,15)16)2-7(13)10(19)22/h2-3,5H,4H2,1H3,(H3,17,18,21,23)/t5-/m0/s1. The molecule has 0 saturated heterocycles. The smallest absolute Gasteiger partial charge is 0.417 e. The molecule has 1 heterocycles. The molecule has 0 unspecified atom stereocenters. The highest BCUT2D eigenvalue weighted by Gasteiger charge is 2.32. The SMILES string of the molecule is C[C@H](OC(=O)Cn1cc(C(F)(F)F)cc(Cl)c1=O)C(=O)NC(N)=O. The number of rotatable bonds is 4. The first kappa shape index (κ1) is 19.5. The molecule has 8 nitrogen and oxygen atoms in total. The van der Waals surface area contributed by atoms with Gasteiger partial charge in [0, 0.05) is 6.20 Å². The monoisotopic (exact) mass is 369 g/mol. The van der Waals surface area contributed by atoms with Gasteiger partial charge < -0.3 is 15.0 Å². The van der Waals surface area contributed by atoms with Gasteiger partial charge in [-0.1, -0.05) is 11.6 Å². The number of primary amides is 1. The minimum atomic E-state index is -4.78. The Hall–Kier alpha value is -2.56. The number of amides is 3. The van der Waals surface area contributed by atoms with Gasteiger partial charge in [0.15, 0.2) is 6.10 Å². The number of nitrogens with zero attached hydrogens (tertiary/aromatic N) is 1. The van der Waals surface area contributed by atoms with Crippen molar-refractivity contribution in [2.75, 3.05) is 0 Å². The molecule has 3 N–H and O–H groups in total. The van der Waals surface area contributed by atoms with Crippen molar-refractivity contribution in [1.29, 1.82) is 0 Å². The minimum absolute atomic E-state index is 0.392. The molecule has 1 rings (SSSR count). The third-order valence-corrected chi connectivity index (χ3v) is 2.86. The van der Waals surface area contributed by atoms with Crippen molar-refractivity contribution >= 4 is 29.5 Å². The zero-order valence-corrected chi connectivity index (χ0v) is 12.8. The van der Waals surface area contributed by atoms with Gasteiger partial charge in [-0.25, -0.2) is 4.79 Å². The first-order chi connectivity index (χ1) is 10.9. The summed E-state index contributed by atoms with van der Waals surface area (Å²) in [5, 5.41) is 0.907. The van der Waals surface area contributed by atoms with Crippen molar-refractivity contribution in [3.63, 3.8) is 0 Å². The van der Waals surface area contributed by atoms with Crippen LogP contribution in [0.1, 0.15) is 12.5 Å². The highest BCUT2D eigenvalue weighted by atomic mass is 35.5. The van der Waals surface area contributed by atoms with E-state index in [-0.39, 0.29) is 0 Å². The highest BCUT2D eigenvalue weighted by Crippen LogP contribution is 2.29. The predicted octanol–water partition coefficient (Wildman–Crippen LogP) is 0.647. The van der Waals surface area contributed by atoms with Crippen LogP contribution >= 0.6 is 11.6 Å². The second-order valence-electron chi connectivity index (χ2n) is 4.49. The topological polar surface area (TPSA) is 120 Å². The van der Waals surface area contributed by atoms with Crippen LogP contribution in [-0.4, -0.2) is 28.6 Å². The van der Waals surface area contributed by atoms with Gasteiger partial charge >= 0.3 is 18.2 Å². The van der Waals surface area contributed by atoms with Crippen molar-refractivity contribution in [2.24, 2.45) is 5.73 Å². The molecule has 0 aliphatic carbocycles. The number of imide groups is 1. The molecule has 0 fully saturated rings. The summed E-state index contributed by atoms with van der Waals surface area (Å²) in [6, 6.07) is -0.752. The maximum atomic E-state index is 12.7. The number of hydrogen-bond acceptors (Lipinski definition) is 5. The van der Waals surface area contributed by atoms with Gasteiger partial charge in [-0.2, -0.15) is 13.2 Å². The van der Waals surface area contributed by atoms with Crippen LogP contribution in [0, 0.1) is 0 Å². The maximum absolute atomic E-state index is 12.7. The first-order valence-electron chi connectivity index (χ1n) is 6.18. The predicted molar refractivity (Wildman–Crippen MR) is 74.0 cm³/mol. The Morgan fingerprint density at radius 1 is 1.42 bits per heavy atom. The molecule has 1 aromatic rings. The van der Waals surface area contributed by atoms with E-state index in [1.54, 1.807) is 5.32 Å². The van der Waals surface area contributed by atoms with E-state index < -0.39 is 52.9 Å². The number of nitrogens with one attached hydrogen (secondary N) is 1. The summed E-state index contributed by atoms with van der Waals surface area (Å²) < 4.78 is 43.0. The first-order valence-corrected chi connectivity index (χ1v) is 6.56. The number of pyridine rings is 1. The molecule has 0 radical (unpaired) electrons. The van der Waals surface area contributed by atoms with Crippen LogP contribution in [-0.2, 0) is 27.0 Å². The number of hydrogen-bond donors (Lipinski definition) is 2. The number of carbonyl (C=O) groups excluding carboxylic acids is 3. The average molecular weight is 370 g/mol. The number of halogens is 4. The van der Waals surface area contributed by atoms with E-state index in [0.717, 1.165) is 6.92 Å². The van der Waals surface area contributed by atoms with E-state index in [2.05, 4.69) is 4.74 Å². The fraction of sp³-hybridized carbons (Fsp3) is 0.333. The number of alkyl halides is 3. The van der Waals surface area contributed by atoms with Gasteiger partial charge in [0.2, 0.25) is 0 Å². The van der Waals surface area contributed by atoms with E-state index in [4.69, 9.17) is 17.3 Å². The van der Waals surface area contributed by atoms with Crippen molar-refractivity contribution in [2.45, 2.75) is 25.7 Å². The lowest BCUT2D eigenvalue weighted by atomic mass is 10.2. The van der Waals surface area contributed by atoms with Gasteiger partial charge in [0.25, 0.3) is 11.5 Å². The Morgan fingerprint density at radius 2 is 2.00 bits per heavy atom. The van der Waals surface area contributed by atoms with Crippen LogP contribution in [0.15, 0.2) is 17.1 Å². The molecule has 0 aromatic carbocycles. The normalized spacial score (nSPS) is 12.4. The van der Waals surface area contributed by atoms with E-state index in [1.807, 2.05) is 0 Å². The number of carbonyl (C=O) groups is 3. The van der Waals surface area contributed by atoms with Crippen LogP contribution in [0.3, 0.4) is 0 Å². The molecule has 24 heavy (non-hydrogen) atoms. The maximum Gasteiger partial charge on any atom is 0.417 e. The van der Waals surface area contributed by atoms with Crippen LogP contribution in [0.2, 0.25) is 5.02 Å². The zero-order chi connectivity index (χ0) is 18.7. The molecule has 3 amide bonds. The second-order valence-corrected chi connectivity index (χ2v) is 4.90. The number of nitrogens with two attached hydrogens (primary N) is 1. The molecule has 0 spiro atoms. The number of ether oxygens (including phenoxy) is 1. The second kappa shape index (κ2) is 7.34. The molecule has 0 saturated carbocycles. The molecule has 132 valence electrons. The molecular weight excluding hydrogens is 359 g/mol. The van der Waals surface area contributed by atoms with Crippen molar-refractivity contribution < 1.29 is 32.3 Å². The number of esters is 1. The zero-order valence-electron chi connectivity index (χ0n) is 12.0. The lowest BCUT2D eigenvalue weighted by Gasteiger charge is -2.14. The Balaban J connectivity index is 2.91. The summed E-state index contributed by atoms with van der Waals surface area (Å²) in [5.74, 6) is -2.23. The van der Waals surface area contributed by atoms with Crippen LogP contribution in [0.25, 0.3) is 0 Å². The van der Waals surface area contributed by atoms with Gasteiger partial charge in [0.05, 0.1) is 5.56 Å². The Kier molecular flexibility index (Phi) is 5.96. The van der Waals surface area contributed by atoms with E-state index in [9.17, 15) is 32.3 Å². The van der Waals surface area contributed by atoms with Gasteiger partial charge in [-0.15, -0.1) is 0 Å². The summed E-state index contributed by atoms with van der Waals surface area (Å²) in [7, 11) is 0.